The molecule has 0 fully saturated rings. The van der Waals surface area contributed by atoms with Crippen molar-refractivity contribution in [3.05, 3.63) is 88.6 Å². The number of halogens is 1. The molecule has 1 aromatic heterocycles. The predicted molar refractivity (Wildman–Crippen MR) is 117 cm³/mol. The third-order valence-electron chi connectivity index (χ3n) is 4.73. The van der Waals surface area contributed by atoms with Crippen molar-refractivity contribution in [3.8, 4) is 17.1 Å². The van der Waals surface area contributed by atoms with E-state index in [1.54, 1.807) is 18.2 Å². The lowest BCUT2D eigenvalue weighted by Crippen LogP contribution is -2.03. The van der Waals surface area contributed by atoms with E-state index in [0.29, 0.717) is 28.8 Å². The zero-order valence-electron chi connectivity index (χ0n) is 16.6. The third-order valence-corrected chi connectivity index (χ3v) is 5.04. The molecule has 0 aliphatic heterocycles. The summed E-state index contributed by atoms with van der Waals surface area (Å²) >= 11 is 6.31. The van der Waals surface area contributed by atoms with Gasteiger partial charge in [-0.15, -0.1) is 0 Å². The smallest absolute Gasteiger partial charge is 0.337 e. The van der Waals surface area contributed by atoms with E-state index in [1.807, 2.05) is 55.5 Å². The van der Waals surface area contributed by atoms with Gasteiger partial charge in [-0.1, -0.05) is 35.9 Å². The SMILES string of the molecule is COC(=O)c1cccc(COc2ccc(-c3nc(C)c4cccc(Cl)c4n3)cc2)c1. The Hall–Kier alpha value is -3.44. The Morgan fingerprint density at radius 2 is 1.77 bits per heavy atom. The highest BCUT2D eigenvalue weighted by atomic mass is 35.5. The average Bonchev–Trinajstić information content (AvgIpc) is 2.78. The Bertz CT molecular complexity index is 1220. The van der Waals surface area contributed by atoms with E-state index in [0.717, 1.165) is 27.7 Å². The Balaban J connectivity index is 1.52. The normalized spacial score (nSPS) is 10.8. The van der Waals surface area contributed by atoms with Gasteiger partial charge in [0.15, 0.2) is 5.82 Å². The minimum Gasteiger partial charge on any atom is -0.489 e. The lowest BCUT2D eigenvalue weighted by atomic mass is 10.1. The highest BCUT2D eigenvalue weighted by Crippen LogP contribution is 2.27. The first-order chi connectivity index (χ1) is 14.5. The molecule has 3 aromatic carbocycles. The van der Waals surface area contributed by atoms with Gasteiger partial charge in [0.2, 0.25) is 0 Å². The summed E-state index contributed by atoms with van der Waals surface area (Å²) in [4.78, 5) is 20.9. The largest absolute Gasteiger partial charge is 0.489 e. The molecule has 30 heavy (non-hydrogen) atoms. The number of aromatic nitrogens is 2. The van der Waals surface area contributed by atoms with Gasteiger partial charge in [0.05, 0.1) is 23.2 Å². The molecule has 1 heterocycles. The second-order valence-corrected chi connectivity index (χ2v) is 7.18. The van der Waals surface area contributed by atoms with Gasteiger partial charge in [-0.3, -0.25) is 0 Å². The number of aryl methyl sites for hydroxylation is 1. The van der Waals surface area contributed by atoms with Crippen LogP contribution in [-0.4, -0.2) is 23.0 Å². The van der Waals surface area contributed by atoms with E-state index in [-0.39, 0.29) is 5.97 Å². The molecule has 0 N–H and O–H groups in total. The van der Waals surface area contributed by atoms with E-state index in [9.17, 15) is 4.79 Å². The summed E-state index contributed by atoms with van der Waals surface area (Å²) in [5, 5.41) is 1.55. The van der Waals surface area contributed by atoms with Crippen LogP contribution in [0, 0.1) is 6.92 Å². The van der Waals surface area contributed by atoms with Crippen LogP contribution in [-0.2, 0) is 11.3 Å². The molecule has 0 aliphatic carbocycles. The highest BCUT2D eigenvalue weighted by Gasteiger charge is 2.10. The third kappa shape index (κ3) is 4.11. The zero-order chi connectivity index (χ0) is 21.1. The van der Waals surface area contributed by atoms with Crippen molar-refractivity contribution in [1.82, 2.24) is 9.97 Å². The summed E-state index contributed by atoms with van der Waals surface area (Å²) in [6, 6.07) is 20.4. The molecule has 150 valence electrons. The van der Waals surface area contributed by atoms with Crippen molar-refractivity contribution < 1.29 is 14.3 Å². The van der Waals surface area contributed by atoms with Crippen LogP contribution >= 0.6 is 11.6 Å². The second-order valence-electron chi connectivity index (χ2n) is 6.77. The van der Waals surface area contributed by atoms with Gasteiger partial charge >= 0.3 is 5.97 Å². The van der Waals surface area contributed by atoms with Crippen LogP contribution in [0.15, 0.2) is 66.7 Å². The first-order valence-electron chi connectivity index (χ1n) is 9.38. The Labute approximate surface area is 179 Å². The van der Waals surface area contributed by atoms with E-state index in [2.05, 4.69) is 9.97 Å². The standard InChI is InChI=1S/C24H19ClN2O3/c1-15-20-7-4-8-21(25)22(20)27-23(26-15)17-9-11-19(12-10-17)30-14-16-5-3-6-18(13-16)24(28)29-2/h3-13H,14H2,1-2H3. The maximum Gasteiger partial charge on any atom is 0.337 e. The number of nitrogens with zero attached hydrogens (tertiary/aromatic N) is 2. The molecule has 4 aromatic rings. The van der Waals surface area contributed by atoms with Crippen LogP contribution in [0.2, 0.25) is 5.02 Å². The van der Waals surface area contributed by atoms with E-state index < -0.39 is 0 Å². The number of fused-ring (bicyclic) bond motifs is 1. The molecular formula is C24H19ClN2O3. The molecule has 0 radical (unpaired) electrons. The van der Waals surface area contributed by atoms with Gasteiger partial charge in [0.25, 0.3) is 0 Å². The van der Waals surface area contributed by atoms with Gasteiger partial charge < -0.3 is 9.47 Å². The maximum absolute atomic E-state index is 11.7. The number of carbonyl (C=O) groups excluding carboxylic acids is 1. The summed E-state index contributed by atoms with van der Waals surface area (Å²) < 4.78 is 10.6. The predicted octanol–water partition coefficient (Wildman–Crippen LogP) is 5.62. The van der Waals surface area contributed by atoms with Crippen LogP contribution in [0.5, 0.6) is 5.75 Å². The van der Waals surface area contributed by atoms with Crippen molar-refractivity contribution in [3.63, 3.8) is 0 Å². The number of hydrogen-bond acceptors (Lipinski definition) is 5. The van der Waals surface area contributed by atoms with Crippen molar-refractivity contribution in [1.29, 1.82) is 0 Å². The zero-order valence-corrected chi connectivity index (χ0v) is 17.3. The molecule has 5 nitrogen and oxygen atoms in total. The van der Waals surface area contributed by atoms with Crippen LogP contribution in [0.25, 0.3) is 22.3 Å². The molecule has 0 unspecified atom stereocenters. The first kappa shape index (κ1) is 19.9. The monoisotopic (exact) mass is 418 g/mol. The molecule has 0 aliphatic rings. The molecule has 0 spiro atoms. The number of methoxy groups -OCH3 is 1. The van der Waals surface area contributed by atoms with Gasteiger partial charge in [0, 0.05) is 16.6 Å². The molecule has 0 atom stereocenters. The van der Waals surface area contributed by atoms with Crippen LogP contribution < -0.4 is 4.74 Å². The first-order valence-corrected chi connectivity index (χ1v) is 9.76. The fourth-order valence-electron chi connectivity index (χ4n) is 3.17. The minimum absolute atomic E-state index is 0.339. The summed E-state index contributed by atoms with van der Waals surface area (Å²) in [7, 11) is 1.36. The maximum atomic E-state index is 11.7. The second kappa shape index (κ2) is 8.51. The molecule has 6 heteroatoms. The fourth-order valence-corrected chi connectivity index (χ4v) is 3.39. The molecule has 0 amide bonds. The van der Waals surface area contributed by atoms with Crippen LogP contribution in [0.1, 0.15) is 21.6 Å². The summed E-state index contributed by atoms with van der Waals surface area (Å²) in [5.41, 5.74) is 3.87. The number of ether oxygens (including phenoxy) is 2. The van der Waals surface area contributed by atoms with E-state index in [1.165, 1.54) is 7.11 Å². The Kier molecular flexibility index (Phi) is 5.63. The Morgan fingerprint density at radius 1 is 1.00 bits per heavy atom. The lowest BCUT2D eigenvalue weighted by molar-refractivity contribution is 0.0600. The number of rotatable bonds is 5. The van der Waals surface area contributed by atoms with Crippen molar-refractivity contribution in [2.75, 3.05) is 7.11 Å². The quantitative estimate of drug-likeness (QED) is 0.393. The molecule has 4 rings (SSSR count). The number of benzene rings is 3. The van der Waals surface area contributed by atoms with Crippen molar-refractivity contribution >= 4 is 28.5 Å². The van der Waals surface area contributed by atoms with Crippen molar-refractivity contribution in [2.24, 2.45) is 0 Å². The molecule has 0 saturated carbocycles. The van der Waals surface area contributed by atoms with Gasteiger partial charge in [-0.25, -0.2) is 14.8 Å². The van der Waals surface area contributed by atoms with E-state index >= 15 is 0 Å². The van der Waals surface area contributed by atoms with Gasteiger partial charge in [-0.05, 0) is 55.0 Å². The fraction of sp³-hybridized carbons (Fsp3) is 0.125. The topological polar surface area (TPSA) is 61.3 Å². The Morgan fingerprint density at radius 3 is 2.53 bits per heavy atom. The van der Waals surface area contributed by atoms with Gasteiger partial charge in [0.1, 0.15) is 12.4 Å². The average molecular weight is 419 g/mol. The van der Waals surface area contributed by atoms with E-state index in [4.69, 9.17) is 21.1 Å². The lowest BCUT2D eigenvalue weighted by Gasteiger charge is -2.09. The number of para-hydroxylation sites is 1. The molecule has 0 bridgehead atoms. The van der Waals surface area contributed by atoms with Gasteiger partial charge in [-0.2, -0.15) is 0 Å². The number of hydrogen-bond donors (Lipinski definition) is 0. The summed E-state index contributed by atoms with van der Waals surface area (Å²) in [6.45, 7) is 2.29. The molecule has 0 saturated heterocycles. The van der Waals surface area contributed by atoms with Crippen molar-refractivity contribution in [2.45, 2.75) is 13.5 Å². The van der Waals surface area contributed by atoms with Crippen LogP contribution in [0.4, 0.5) is 0 Å². The van der Waals surface area contributed by atoms with Crippen LogP contribution in [0.3, 0.4) is 0 Å². The number of carbonyl (C=O) groups is 1. The molecular weight excluding hydrogens is 400 g/mol. The number of esters is 1. The summed E-state index contributed by atoms with van der Waals surface area (Å²) in [6.07, 6.45) is 0. The summed E-state index contributed by atoms with van der Waals surface area (Å²) in [5.74, 6) is 0.954. The minimum atomic E-state index is -0.369. The highest BCUT2D eigenvalue weighted by molar-refractivity contribution is 6.35.